The van der Waals surface area contributed by atoms with E-state index in [4.69, 9.17) is 9.47 Å². The van der Waals surface area contributed by atoms with Gasteiger partial charge in [0.05, 0.1) is 20.6 Å². The Bertz CT molecular complexity index is 748. The zero-order chi connectivity index (χ0) is 19.1. The second-order valence-corrected chi connectivity index (χ2v) is 6.96. The van der Waals surface area contributed by atoms with Crippen molar-refractivity contribution in [3.05, 3.63) is 53.9 Å². The maximum atomic E-state index is 13.0. The van der Waals surface area contributed by atoms with Gasteiger partial charge in [0.1, 0.15) is 0 Å². The first kappa shape index (κ1) is 19.2. The summed E-state index contributed by atoms with van der Waals surface area (Å²) in [7, 11) is 3.23. The minimum Gasteiger partial charge on any atom is -0.493 e. The third kappa shape index (κ3) is 5.00. The highest BCUT2D eigenvalue weighted by Gasteiger charge is 2.26. The standard InChI is InChI=1S/C22H28N2O3/c1-26-20-12-9-17(15-21(20)27-2)16-22(25)24-14-6-4-8-19(24)11-10-18-7-3-5-13-23-18/h3,5,7,9,12-13,15,19H,4,6,8,10-11,14,16H2,1-2H3/t19-/m0/s1. The number of methoxy groups -OCH3 is 2. The number of hydrogen-bond donors (Lipinski definition) is 0. The molecule has 2 heterocycles. The molecule has 1 saturated heterocycles. The molecule has 0 spiro atoms. The van der Waals surface area contributed by atoms with Crippen LogP contribution in [0.4, 0.5) is 0 Å². The third-order valence-corrected chi connectivity index (χ3v) is 5.21. The molecule has 27 heavy (non-hydrogen) atoms. The molecule has 0 unspecified atom stereocenters. The first-order valence-corrected chi connectivity index (χ1v) is 9.61. The van der Waals surface area contributed by atoms with Gasteiger partial charge in [-0.15, -0.1) is 0 Å². The highest BCUT2D eigenvalue weighted by Crippen LogP contribution is 2.28. The number of aryl methyl sites for hydroxylation is 1. The molecule has 2 aromatic rings. The monoisotopic (exact) mass is 368 g/mol. The maximum Gasteiger partial charge on any atom is 0.227 e. The van der Waals surface area contributed by atoms with Crippen LogP contribution in [0.5, 0.6) is 11.5 Å². The molecule has 0 bridgehead atoms. The van der Waals surface area contributed by atoms with Crippen LogP contribution in [0, 0.1) is 0 Å². The highest BCUT2D eigenvalue weighted by molar-refractivity contribution is 5.79. The Balaban J connectivity index is 1.64. The molecular weight excluding hydrogens is 340 g/mol. The SMILES string of the molecule is COc1ccc(CC(=O)N2CCCC[C@H]2CCc2ccccn2)cc1OC. The molecule has 1 aromatic carbocycles. The molecule has 0 N–H and O–H groups in total. The van der Waals surface area contributed by atoms with E-state index < -0.39 is 0 Å². The maximum absolute atomic E-state index is 13.0. The fraction of sp³-hybridized carbons (Fsp3) is 0.455. The number of carbonyl (C=O) groups is 1. The van der Waals surface area contributed by atoms with E-state index in [0.717, 1.165) is 43.5 Å². The van der Waals surface area contributed by atoms with Crippen molar-refractivity contribution in [2.45, 2.75) is 44.6 Å². The number of amides is 1. The summed E-state index contributed by atoms with van der Waals surface area (Å²) in [4.78, 5) is 19.5. The Morgan fingerprint density at radius 2 is 2.00 bits per heavy atom. The van der Waals surface area contributed by atoms with Gasteiger partial charge >= 0.3 is 0 Å². The predicted octanol–water partition coefficient (Wildman–Crippen LogP) is 3.66. The average molecular weight is 368 g/mol. The van der Waals surface area contributed by atoms with E-state index in [1.165, 1.54) is 6.42 Å². The lowest BCUT2D eigenvalue weighted by Crippen LogP contribution is -2.44. The van der Waals surface area contributed by atoms with E-state index in [0.29, 0.717) is 24.0 Å². The summed E-state index contributed by atoms with van der Waals surface area (Å²) in [6.07, 6.45) is 7.44. The second-order valence-electron chi connectivity index (χ2n) is 6.96. The lowest BCUT2D eigenvalue weighted by atomic mass is 9.96. The van der Waals surface area contributed by atoms with Gasteiger partial charge in [-0.25, -0.2) is 0 Å². The van der Waals surface area contributed by atoms with E-state index in [9.17, 15) is 4.79 Å². The van der Waals surface area contributed by atoms with Crippen LogP contribution in [0.1, 0.15) is 36.9 Å². The average Bonchev–Trinajstić information content (AvgIpc) is 2.73. The second kappa shape index (κ2) is 9.40. The highest BCUT2D eigenvalue weighted by atomic mass is 16.5. The van der Waals surface area contributed by atoms with Crippen LogP contribution in [0.3, 0.4) is 0 Å². The first-order valence-electron chi connectivity index (χ1n) is 9.61. The molecule has 0 saturated carbocycles. The van der Waals surface area contributed by atoms with Crippen LogP contribution in [0.15, 0.2) is 42.6 Å². The van der Waals surface area contributed by atoms with Crippen molar-refractivity contribution in [1.82, 2.24) is 9.88 Å². The number of benzene rings is 1. The quantitative estimate of drug-likeness (QED) is 0.748. The normalized spacial score (nSPS) is 16.8. The molecule has 5 heteroatoms. The van der Waals surface area contributed by atoms with Gasteiger partial charge in [-0.1, -0.05) is 12.1 Å². The van der Waals surface area contributed by atoms with E-state index >= 15 is 0 Å². The summed E-state index contributed by atoms with van der Waals surface area (Å²) in [5, 5.41) is 0. The molecule has 1 fully saturated rings. The number of nitrogens with zero attached hydrogens (tertiary/aromatic N) is 2. The van der Waals surface area contributed by atoms with Gasteiger partial charge in [0.15, 0.2) is 11.5 Å². The molecule has 1 aliphatic rings. The van der Waals surface area contributed by atoms with Crippen molar-refractivity contribution < 1.29 is 14.3 Å². The number of ether oxygens (including phenoxy) is 2. The van der Waals surface area contributed by atoms with E-state index in [1.54, 1.807) is 14.2 Å². The summed E-state index contributed by atoms with van der Waals surface area (Å²) in [6, 6.07) is 12.0. The van der Waals surface area contributed by atoms with Gasteiger partial charge in [0.25, 0.3) is 0 Å². The fourth-order valence-electron chi connectivity index (χ4n) is 3.76. The van der Waals surface area contributed by atoms with Crippen LogP contribution < -0.4 is 9.47 Å². The number of aromatic nitrogens is 1. The zero-order valence-corrected chi connectivity index (χ0v) is 16.2. The van der Waals surface area contributed by atoms with Gasteiger partial charge in [0, 0.05) is 24.5 Å². The largest absolute Gasteiger partial charge is 0.493 e. The molecule has 1 aromatic heterocycles. The van der Waals surface area contributed by atoms with Gasteiger partial charge in [0.2, 0.25) is 5.91 Å². The van der Waals surface area contributed by atoms with E-state index in [2.05, 4.69) is 16.0 Å². The number of likely N-dealkylation sites (tertiary alicyclic amines) is 1. The van der Waals surface area contributed by atoms with Crippen LogP contribution in [0.2, 0.25) is 0 Å². The molecule has 3 rings (SSSR count). The fourth-order valence-corrected chi connectivity index (χ4v) is 3.76. The number of hydrogen-bond acceptors (Lipinski definition) is 4. The number of piperidine rings is 1. The van der Waals surface area contributed by atoms with Crippen molar-refractivity contribution in [3.8, 4) is 11.5 Å². The summed E-state index contributed by atoms with van der Waals surface area (Å²) < 4.78 is 10.6. The Morgan fingerprint density at radius 3 is 2.74 bits per heavy atom. The molecule has 144 valence electrons. The summed E-state index contributed by atoms with van der Waals surface area (Å²) in [5.41, 5.74) is 2.04. The minimum atomic E-state index is 0.188. The topological polar surface area (TPSA) is 51.7 Å². The molecule has 1 amide bonds. The Morgan fingerprint density at radius 1 is 1.15 bits per heavy atom. The van der Waals surface area contributed by atoms with Crippen molar-refractivity contribution in [1.29, 1.82) is 0 Å². The van der Waals surface area contributed by atoms with Crippen molar-refractivity contribution in [2.75, 3.05) is 20.8 Å². The number of pyridine rings is 1. The van der Waals surface area contributed by atoms with Gasteiger partial charge in [-0.2, -0.15) is 0 Å². The minimum absolute atomic E-state index is 0.188. The van der Waals surface area contributed by atoms with Crippen molar-refractivity contribution >= 4 is 5.91 Å². The zero-order valence-electron chi connectivity index (χ0n) is 16.2. The van der Waals surface area contributed by atoms with Crippen molar-refractivity contribution in [3.63, 3.8) is 0 Å². The van der Waals surface area contributed by atoms with Crippen LogP contribution >= 0.6 is 0 Å². The molecular formula is C22H28N2O3. The lowest BCUT2D eigenvalue weighted by Gasteiger charge is -2.36. The Hall–Kier alpha value is -2.56. The summed E-state index contributed by atoms with van der Waals surface area (Å²) in [6.45, 7) is 0.846. The lowest BCUT2D eigenvalue weighted by molar-refractivity contribution is -0.134. The Kier molecular flexibility index (Phi) is 6.69. The number of rotatable bonds is 7. The summed E-state index contributed by atoms with van der Waals surface area (Å²) in [5.74, 6) is 1.53. The first-order chi connectivity index (χ1) is 13.2. The van der Waals surface area contributed by atoms with Crippen LogP contribution in [-0.4, -0.2) is 42.6 Å². The van der Waals surface area contributed by atoms with Gasteiger partial charge in [-0.05, 0) is 61.9 Å². The van der Waals surface area contributed by atoms with E-state index in [-0.39, 0.29) is 5.91 Å². The van der Waals surface area contributed by atoms with Gasteiger partial charge < -0.3 is 14.4 Å². The summed E-state index contributed by atoms with van der Waals surface area (Å²) >= 11 is 0. The third-order valence-electron chi connectivity index (χ3n) is 5.21. The van der Waals surface area contributed by atoms with Crippen LogP contribution in [0.25, 0.3) is 0 Å². The van der Waals surface area contributed by atoms with Crippen LogP contribution in [-0.2, 0) is 17.6 Å². The van der Waals surface area contributed by atoms with E-state index in [1.807, 2.05) is 36.5 Å². The predicted molar refractivity (Wildman–Crippen MR) is 105 cm³/mol. The smallest absolute Gasteiger partial charge is 0.227 e. The molecule has 0 radical (unpaired) electrons. The molecule has 1 aliphatic heterocycles. The Labute approximate surface area is 161 Å². The number of carbonyl (C=O) groups excluding carboxylic acids is 1. The molecule has 1 atom stereocenters. The molecule has 0 aliphatic carbocycles. The van der Waals surface area contributed by atoms with Crippen molar-refractivity contribution in [2.24, 2.45) is 0 Å². The molecule has 5 nitrogen and oxygen atoms in total. The van der Waals surface area contributed by atoms with Gasteiger partial charge in [-0.3, -0.25) is 9.78 Å².